The second-order valence-corrected chi connectivity index (χ2v) is 3.96. The third-order valence-corrected chi connectivity index (χ3v) is 2.32. The molecule has 1 heterocycles. The summed E-state index contributed by atoms with van der Waals surface area (Å²) < 4.78 is 0. The Morgan fingerprint density at radius 2 is 2.31 bits per heavy atom. The second kappa shape index (κ2) is 5.54. The molecule has 13 heavy (non-hydrogen) atoms. The third-order valence-electron chi connectivity index (χ3n) is 2.32. The van der Waals surface area contributed by atoms with Gasteiger partial charge in [0.2, 0.25) is 0 Å². The topological polar surface area (TPSA) is 38.7 Å². The fraction of sp³-hybridized carbons (Fsp3) is 1.00. The van der Waals surface area contributed by atoms with Crippen molar-refractivity contribution in [2.24, 2.45) is 0 Å². The predicted molar refractivity (Wildman–Crippen MR) is 53.9 cm³/mol. The average molecular weight is 187 g/mol. The third kappa shape index (κ3) is 4.57. The molecule has 0 spiro atoms. The first-order valence-electron chi connectivity index (χ1n) is 4.94. The van der Waals surface area contributed by atoms with E-state index in [1.54, 1.807) is 0 Å². The van der Waals surface area contributed by atoms with E-state index in [0.717, 1.165) is 39.3 Å². The van der Waals surface area contributed by atoms with Crippen molar-refractivity contribution in [2.75, 3.05) is 53.4 Å². The average Bonchev–Trinajstić information content (AvgIpc) is 2.26. The molecule has 1 aliphatic rings. The van der Waals surface area contributed by atoms with E-state index in [0.29, 0.717) is 0 Å². The molecule has 4 heteroatoms. The molecular formula is C9H21N3O. The number of aliphatic hydroxyl groups excluding tert-OH is 1. The SMILES string of the molecule is CN(C)CCN1CCNCC(O)C1. The van der Waals surface area contributed by atoms with E-state index < -0.39 is 0 Å². The van der Waals surface area contributed by atoms with Crippen LogP contribution in [0.15, 0.2) is 0 Å². The van der Waals surface area contributed by atoms with E-state index in [1.165, 1.54) is 0 Å². The number of nitrogens with one attached hydrogen (secondary N) is 1. The van der Waals surface area contributed by atoms with Gasteiger partial charge < -0.3 is 15.3 Å². The zero-order chi connectivity index (χ0) is 9.68. The second-order valence-electron chi connectivity index (χ2n) is 3.96. The summed E-state index contributed by atoms with van der Waals surface area (Å²) >= 11 is 0. The number of rotatable bonds is 3. The molecule has 0 aromatic rings. The molecule has 1 rings (SSSR count). The Morgan fingerprint density at radius 3 is 3.00 bits per heavy atom. The number of nitrogens with zero attached hydrogens (tertiary/aromatic N) is 2. The lowest BCUT2D eigenvalue weighted by Gasteiger charge is -2.22. The van der Waals surface area contributed by atoms with Crippen LogP contribution < -0.4 is 5.32 Å². The lowest BCUT2D eigenvalue weighted by atomic mass is 10.3. The smallest absolute Gasteiger partial charge is 0.0791 e. The molecule has 1 saturated heterocycles. The molecule has 0 radical (unpaired) electrons. The van der Waals surface area contributed by atoms with Gasteiger partial charge in [-0.1, -0.05) is 0 Å². The molecule has 78 valence electrons. The van der Waals surface area contributed by atoms with Gasteiger partial charge in [-0.25, -0.2) is 0 Å². The maximum atomic E-state index is 9.51. The Labute approximate surface area is 80.5 Å². The number of aliphatic hydroxyl groups is 1. The van der Waals surface area contributed by atoms with E-state index in [1.807, 2.05) is 0 Å². The van der Waals surface area contributed by atoms with Crippen LogP contribution in [-0.4, -0.2) is 74.4 Å². The maximum absolute atomic E-state index is 9.51. The van der Waals surface area contributed by atoms with Crippen molar-refractivity contribution in [1.29, 1.82) is 0 Å². The van der Waals surface area contributed by atoms with Gasteiger partial charge in [-0.2, -0.15) is 0 Å². The van der Waals surface area contributed by atoms with Gasteiger partial charge >= 0.3 is 0 Å². The lowest BCUT2D eigenvalue weighted by molar-refractivity contribution is 0.126. The van der Waals surface area contributed by atoms with Crippen LogP contribution in [0.2, 0.25) is 0 Å². The molecule has 0 amide bonds. The van der Waals surface area contributed by atoms with E-state index in [4.69, 9.17) is 0 Å². The minimum Gasteiger partial charge on any atom is -0.390 e. The monoisotopic (exact) mass is 187 g/mol. The highest BCUT2D eigenvalue weighted by Gasteiger charge is 2.14. The van der Waals surface area contributed by atoms with E-state index >= 15 is 0 Å². The molecular weight excluding hydrogens is 166 g/mol. The Bertz CT molecular complexity index is 141. The number of hydrogen-bond donors (Lipinski definition) is 2. The quantitative estimate of drug-likeness (QED) is 0.583. The molecule has 2 N–H and O–H groups in total. The van der Waals surface area contributed by atoms with Crippen LogP contribution in [0.25, 0.3) is 0 Å². The summed E-state index contributed by atoms with van der Waals surface area (Å²) in [7, 11) is 4.15. The summed E-state index contributed by atoms with van der Waals surface area (Å²) in [5, 5.41) is 12.7. The number of likely N-dealkylation sites (N-methyl/N-ethyl adjacent to an activating group) is 1. The van der Waals surface area contributed by atoms with E-state index in [9.17, 15) is 5.11 Å². The fourth-order valence-corrected chi connectivity index (χ4v) is 1.50. The molecule has 1 fully saturated rings. The first-order valence-corrected chi connectivity index (χ1v) is 4.94. The summed E-state index contributed by atoms with van der Waals surface area (Å²) in [5.41, 5.74) is 0. The van der Waals surface area contributed by atoms with Crippen LogP contribution >= 0.6 is 0 Å². The molecule has 0 aromatic carbocycles. The first kappa shape index (κ1) is 10.9. The predicted octanol–water partition coefficient (Wildman–Crippen LogP) is -1.19. The molecule has 1 atom stereocenters. The van der Waals surface area contributed by atoms with Crippen molar-refractivity contribution in [2.45, 2.75) is 6.10 Å². The largest absolute Gasteiger partial charge is 0.390 e. The van der Waals surface area contributed by atoms with Crippen LogP contribution in [0.3, 0.4) is 0 Å². The summed E-state index contributed by atoms with van der Waals surface area (Å²) in [6.07, 6.45) is -0.204. The Balaban J connectivity index is 2.22. The van der Waals surface area contributed by atoms with Crippen molar-refractivity contribution in [3.8, 4) is 0 Å². The van der Waals surface area contributed by atoms with Gasteiger partial charge in [-0.3, -0.25) is 4.90 Å². The summed E-state index contributed by atoms with van der Waals surface area (Å²) in [6, 6.07) is 0. The minimum atomic E-state index is -0.204. The van der Waals surface area contributed by atoms with Crippen molar-refractivity contribution < 1.29 is 5.11 Å². The van der Waals surface area contributed by atoms with E-state index in [-0.39, 0.29) is 6.10 Å². The highest BCUT2D eigenvalue weighted by Crippen LogP contribution is 1.95. The number of β-amino-alcohol motifs (C(OH)–C–C–N with tert-alkyl or cyclic N) is 1. The van der Waals surface area contributed by atoms with Crippen LogP contribution in [0.4, 0.5) is 0 Å². The van der Waals surface area contributed by atoms with Crippen molar-refractivity contribution in [3.63, 3.8) is 0 Å². The summed E-state index contributed by atoms with van der Waals surface area (Å²) in [6.45, 7) is 5.69. The maximum Gasteiger partial charge on any atom is 0.0791 e. The summed E-state index contributed by atoms with van der Waals surface area (Å²) in [4.78, 5) is 4.48. The Morgan fingerprint density at radius 1 is 1.54 bits per heavy atom. The van der Waals surface area contributed by atoms with Crippen LogP contribution in [-0.2, 0) is 0 Å². The van der Waals surface area contributed by atoms with Crippen molar-refractivity contribution in [3.05, 3.63) is 0 Å². The van der Waals surface area contributed by atoms with Crippen LogP contribution in [0, 0.1) is 0 Å². The highest BCUT2D eigenvalue weighted by molar-refractivity contribution is 4.72. The van der Waals surface area contributed by atoms with Crippen LogP contribution in [0.5, 0.6) is 0 Å². The zero-order valence-electron chi connectivity index (χ0n) is 8.66. The van der Waals surface area contributed by atoms with Gasteiger partial charge in [-0.15, -0.1) is 0 Å². The van der Waals surface area contributed by atoms with Gasteiger partial charge in [0.05, 0.1) is 6.10 Å². The molecule has 0 aliphatic carbocycles. The van der Waals surface area contributed by atoms with Crippen LogP contribution in [0.1, 0.15) is 0 Å². The molecule has 4 nitrogen and oxygen atoms in total. The van der Waals surface area contributed by atoms with Gasteiger partial charge in [-0.05, 0) is 14.1 Å². The van der Waals surface area contributed by atoms with Gasteiger partial charge in [0.15, 0.2) is 0 Å². The van der Waals surface area contributed by atoms with Gasteiger partial charge in [0, 0.05) is 39.3 Å². The van der Waals surface area contributed by atoms with Gasteiger partial charge in [0.1, 0.15) is 0 Å². The minimum absolute atomic E-state index is 0.204. The first-order chi connectivity index (χ1) is 6.18. The Hall–Kier alpha value is -0.160. The Kier molecular flexibility index (Phi) is 4.66. The fourth-order valence-electron chi connectivity index (χ4n) is 1.50. The molecule has 1 aliphatic heterocycles. The highest BCUT2D eigenvalue weighted by atomic mass is 16.3. The van der Waals surface area contributed by atoms with Crippen molar-refractivity contribution in [1.82, 2.24) is 15.1 Å². The molecule has 1 unspecified atom stereocenters. The van der Waals surface area contributed by atoms with Gasteiger partial charge in [0.25, 0.3) is 0 Å². The molecule has 0 bridgehead atoms. The summed E-state index contributed by atoms with van der Waals surface area (Å²) in [5.74, 6) is 0. The molecule has 0 aromatic heterocycles. The lowest BCUT2D eigenvalue weighted by Crippen LogP contribution is -2.37. The normalized spacial score (nSPS) is 26.3. The van der Waals surface area contributed by atoms with E-state index in [2.05, 4.69) is 29.2 Å². The standard InChI is InChI=1S/C9H21N3O/c1-11(2)5-6-12-4-3-10-7-9(13)8-12/h9-10,13H,3-8H2,1-2H3. The number of hydrogen-bond acceptors (Lipinski definition) is 4. The zero-order valence-corrected chi connectivity index (χ0v) is 8.66. The molecule has 0 saturated carbocycles. The van der Waals surface area contributed by atoms with Crippen molar-refractivity contribution >= 4 is 0 Å².